The molecule has 2 aromatic rings. The highest BCUT2D eigenvalue weighted by Crippen LogP contribution is 2.22. The van der Waals surface area contributed by atoms with E-state index in [9.17, 15) is 13.2 Å². The van der Waals surface area contributed by atoms with Gasteiger partial charge in [0.1, 0.15) is 29.6 Å². The number of nitrogens with zero attached hydrogens (tertiary/aromatic N) is 3. The van der Waals surface area contributed by atoms with E-state index >= 15 is 0 Å². The van der Waals surface area contributed by atoms with Gasteiger partial charge in [0.15, 0.2) is 0 Å². The van der Waals surface area contributed by atoms with Crippen molar-refractivity contribution < 1.29 is 22.7 Å². The molecule has 0 aliphatic carbocycles. The van der Waals surface area contributed by atoms with Crippen LogP contribution in [0.4, 0.5) is 0 Å². The Labute approximate surface area is 163 Å². The van der Waals surface area contributed by atoms with Gasteiger partial charge in [-0.2, -0.15) is 9.57 Å². The van der Waals surface area contributed by atoms with Crippen LogP contribution in [0.1, 0.15) is 28.9 Å². The van der Waals surface area contributed by atoms with Gasteiger partial charge in [0.05, 0.1) is 11.6 Å². The van der Waals surface area contributed by atoms with Crippen molar-refractivity contribution in [1.29, 1.82) is 5.26 Å². The number of aryl methyl sites for hydroxylation is 1. The van der Waals surface area contributed by atoms with Crippen molar-refractivity contribution in [3.63, 3.8) is 0 Å². The Hall–Kier alpha value is -2.83. The third-order valence-electron chi connectivity index (χ3n) is 4.46. The van der Waals surface area contributed by atoms with Gasteiger partial charge in [-0.1, -0.05) is 0 Å². The summed E-state index contributed by atoms with van der Waals surface area (Å²) in [6.07, 6.45) is 3.12. The third-order valence-corrected chi connectivity index (χ3v) is 6.32. The monoisotopic (exact) mass is 403 g/mol. The van der Waals surface area contributed by atoms with Crippen molar-refractivity contribution in [3.05, 3.63) is 47.8 Å². The summed E-state index contributed by atoms with van der Waals surface area (Å²) < 4.78 is 38.7. The molecule has 0 unspecified atom stereocenters. The molecule has 1 aromatic carbocycles. The van der Waals surface area contributed by atoms with E-state index in [2.05, 4.69) is 0 Å². The molecule has 0 atom stereocenters. The van der Waals surface area contributed by atoms with Crippen LogP contribution in [0.25, 0.3) is 0 Å². The van der Waals surface area contributed by atoms with E-state index in [-0.39, 0.29) is 23.8 Å². The maximum atomic E-state index is 12.6. The Balaban J connectivity index is 1.55. The van der Waals surface area contributed by atoms with Crippen molar-refractivity contribution >= 4 is 16.0 Å². The molecule has 0 saturated carbocycles. The lowest BCUT2D eigenvalue weighted by Crippen LogP contribution is -2.27. The number of aromatic nitrogens is 1. The van der Waals surface area contributed by atoms with Crippen molar-refractivity contribution in [1.82, 2.24) is 8.87 Å². The van der Waals surface area contributed by atoms with Crippen LogP contribution in [0.3, 0.4) is 0 Å². The fraction of sp³-hybridized carbons (Fsp3) is 0.368. The summed E-state index contributed by atoms with van der Waals surface area (Å²) in [4.78, 5) is 12.4. The molecule has 1 saturated heterocycles. The number of benzene rings is 1. The van der Waals surface area contributed by atoms with Crippen LogP contribution in [0.2, 0.25) is 0 Å². The van der Waals surface area contributed by atoms with Crippen molar-refractivity contribution in [3.8, 4) is 11.8 Å². The highest BCUT2D eigenvalue weighted by atomic mass is 32.2. The number of carbonyl (C=O) groups excluding carboxylic acids is 1. The molecule has 1 aliphatic rings. The maximum Gasteiger partial charge on any atom is 0.355 e. The average molecular weight is 403 g/mol. The van der Waals surface area contributed by atoms with Crippen molar-refractivity contribution in [2.24, 2.45) is 7.05 Å². The predicted molar refractivity (Wildman–Crippen MR) is 100 cm³/mol. The van der Waals surface area contributed by atoms with Gasteiger partial charge in [-0.05, 0) is 43.2 Å². The Morgan fingerprint density at radius 2 is 1.86 bits per heavy atom. The Kier molecular flexibility index (Phi) is 6.02. The van der Waals surface area contributed by atoms with Crippen LogP contribution < -0.4 is 4.74 Å². The fourth-order valence-corrected chi connectivity index (χ4v) is 4.54. The van der Waals surface area contributed by atoms with Gasteiger partial charge in [-0.25, -0.2) is 13.2 Å². The van der Waals surface area contributed by atoms with E-state index in [1.807, 2.05) is 6.07 Å². The zero-order valence-corrected chi connectivity index (χ0v) is 16.3. The van der Waals surface area contributed by atoms with Crippen LogP contribution in [0, 0.1) is 11.3 Å². The van der Waals surface area contributed by atoms with Crippen LogP contribution in [-0.4, -0.2) is 49.6 Å². The molecule has 0 bridgehead atoms. The van der Waals surface area contributed by atoms with Gasteiger partial charge in [-0.15, -0.1) is 0 Å². The van der Waals surface area contributed by atoms with E-state index in [1.165, 1.54) is 21.1 Å². The van der Waals surface area contributed by atoms with Crippen molar-refractivity contribution in [2.45, 2.75) is 17.7 Å². The highest BCUT2D eigenvalue weighted by molar-refractivity contribution is 7.89. The quantitative estimate of drug-likeness (QED) is 0.517. The number of esters is 1. The Morgan fingerprint density at radius 1 is 1.18 bits per heavy atom. The lowest BCUT2D eigenvalue weighted by Gasteiger charge is -2.13. The van der Waals surface area contributed by atoms with Crippen molar-refractivity contribution in [2.75, 3.05) is 26.3 Å². The van der Waals surface area contributed by atoms with Gasteiger partial charge >= 0.3 is 5.97 Å². The first-order valence-corrected chi connectivity index (χ1v) is 10.3. The first-order chi connectivity index (χ1) is 13.4. The molecule has 0 radical (unpaired) electrons. The normalized spacial score (nSPS) is 14.6. The molecule has 3 rings (SSSR count). The van der Waals surface area contributed by atoms with Crippen LogP contribution in [0.5, 0.6) is 5.75 Å². The molecule has 28 heavy (non-hydrogen) atoms. The summed E-state index contributed by atoms with van der Waals surface area (Å²) in [6.45, 7) is 1.16. The lowest BCUT2D eigenvalue weighted by atomic mass is 10.2. The average Bonchev–Trinajstić information content (AvgIpc) is 3.36. The first-order valence-electron chi connectivity index (χ1n) is 8.88. The minimum Gasteiger partial charge on any atom is -0.490 e. The van der Waals surface area contributed by atoms with E-state index < -0.39 is 16.0 Å². The zero-order chi connectivity index (χ0) is 20.1. The largest absolute Gasteiger partial charge is 0.490 e. The fourth-order valence-electron chi connectivity index (χ4n) is 2.95. The van der Waals surface area contributed by atoms with Crippen LogP contribution in [-0.2, 0) is 21.8 Å². The topological polar surface area (TPSA) is 102 Å². The molecule has 9 heteroatoms. The number of carbonyl (C=O) groups is 1. The zero-order valence-electron chi connectivity index (χ0n) is 15.5. The molecule has 0 spiro atoms. The molecular weight excluding hydrogens is 382 g/mol. The predicted octanol–water partition coefficient (Wildman–Crippen LogP) is 1.92. The number of ether oxygens (including phenoxy) is 2. The molecule has 8 nitrogen and oxygen atoms in total. The summed E-state index contributed by atoms with van der Waals surface area (Å²) >= 11 is 0. The number of hydrogen-bond acceptors (Lipinski definition) is 6. The number of hydrogen-bond donors (Lipinski definition) is 0. The Morgan fingerprint density at radius 3 is 2.50 bits per heavy atom. The summed E-state index contributed by atoms with van der Waals surface area (Å²) in [5, 5.41) is 8.76. The summed E-state index contributed by atoms with van der Waals surface area (Å²) in [5.74, 6) is -0.0540. The molecule has 1 aliphatic heterocycles. The van der Waals surface area contributed by atoms with Crippen LogP contribution in [0.15, 0.2) is 41.4 Å². The van der Waals surface area contributed by atoms with Crippen LogP contribution >= 0.6 is 0 Å². The molecular formula is C19H21N3O5S. The molecule has 148 valence electrons. The minimum absolute atomic E-state index is 0.0121. The van der Waals surface area contributed by atoms with Gasteiger partial charge < -0.3 is 14.0 Å². The smallest absolute Gasteiger partial charge is 0.355 e. The standard InChI is InChI=1S/C19H21N3O5S/c1-21-14-17(28(24,25)22-8-2-3-9-22)12-18(21)19(23)27-11-10-26-16-6-4-15(13-20)5-7-16/h4-7,12,14H,2-3,8-11H2,1H3. The summed E-state index contributed by atoms with van der Waals surface area (Å²) in [6, 6.07) is 9.95. The number of nitriles is 1. The second kappa shape index (κ2) is 8.46. The molecule has 0 N–H and O–H groups in total. The third kappa shape index (κ3) is 4.35. The molecule has 2 heterocycles. The van der Waals surface area contributed by atoms with E-state index in [4.69, 9.17) is 14.7 Å². The molecule has 0 amide bonds. The lowest BCUT2D eigenvalue weighted by molar-refractivity contribution is 0.0439. The number of rotatable bonds is 7. The molecule has 1 aromatic heterocycles. The van der Waals surface area contributed by atoms with Gasteiger partial charge in [0, 0.05) is 26.3 Å². The second-order valence-corrected chi connectivity index (χ2v) is 8.34. The summed E-state index contributed by atoms with van der Waals surface area (Å²) in [5.41, 5.74) is 0.693. The van der Waals surface area contributed by atoms with Gasteiger partial charge in [-0.3, -0.25) is 0 Å². The maximum absolute atomic E-state index is 12.6. The Bertz CT molecular complexity index is 984. The molecule has 1 fully saturated rings. The van der Waals surface area contributed by atoms with Gasteiger partial charge in [0.25, 0.3) is 0 Å². The highest BCUT2D eigenvalue weighted by Gasteiger charge is 2.29. The minimum atomic E-state index is -3.58. The summed E-state index contributed by atoms with van der Waals surface area (Å²) in [7, 11) is -1.98. The number of sulfonamides is 1. The SMILES string of the molecule is Cn1cc(S(=O)(=O)N2CCCC2)cc1C(=O)OCCOc1ccc(C#N)cc1. The second-order valence-electron chi connectivity index (χ2n) is 6.40. The van der Waals surface area contributed by atoms with E-state index in [1.54, 1.807) is 31.3 Å². The van der Waals surface area contributed by atoms with E-state index in [0.29, 0.717) is 24.4 Å². The first kappa shape index (κ1) is 19.9. The van der Waals surface area contributed by atoms with Gasteiger partial charge in [0.2, 0.25) is 10.0 Å². The van der Waals surface area contributed by atoms with E-state index in [0.717, 1.165) is 12.8 Å².